The molecule has 0 atom stereocenters. The zero-order valence-electron chi connectivity index (χ0n) is 15.0. The fourth-order valence-electron chi connectivity index (χ4n) is 2.62. The number of anilines is 1. The van der Waals surface area contributed by atoms with Crippen molar-refractivity contribution in [2.75, 3.05) is 11.9 Å². The lowest BCUT2D eigenvalue weighted by Crippen LogP contribution is -2.27. The van der Waals surface area contributed by atoms with Crippen molar-refractivity contribution in [3.8, 4) is 0 Å². The molecule has 1 heterocycles. The Bertz CT molecular complexity index is 942. The van der Waals surface area contributed by atoms with Crippen LogP contribution in [-0.2, 0) is 6.42 Å². The van der Waals surface area contributed by atoms with Gasteiger partial charge in [0, 0.05) is 12.7 Å². The van der Waals surface area contributed by atoms with Crippen molar-refractivity contribution in [1.29, 1.82) is 0 Å². The second-order valence-electron chi connectivity index (χ2n) is 5.98. The molecule has 6 heteroatoms. The Morgan fingerprint density at radius 2 is 1.67 bits per heavy atom. The van der Waals surface area contributed by atoms with Crippen LogP contribution in [0.25, 0.3) is 0 Å². The summed E-state index contributed by atoms with van der Waals surface area (Å²) >= 11 is 0. The lowest BCUT2D eigenvalue weighted by Gasteiger charge is -2.11. The van der Waals surface area contributed by atoms with Crippen molar-refractivity contribution in [2.24, 2.45) is 0 Å². The van der Waals surface area contributed by atoms with Gasteiger partial charge >= 0.3 is 0 Å². The summed E-state index contributed by atoms with van der Waals surface area (Å²) < 4.78 is 0. The highest BCUT2D eigenvalue weighted by molar-refractivity contribution is 6.08. The van der Waals surface area contributed by atoms with Gasteiger partial charge in [0.1, 0.15) is 11.5 Å². The summed E-state index contributed by atoms with van der Waals surface area (Å²) in [6.07, 6.45) is 2.26. The average molecular weight is 360 g/mol. The zero-order valence-corrected chi connectivity index (χ0v) is 15.0. The second-order valence-corrected chi connectivity index (χ2v) is 5.98. The molecule has 6 nitrogen and oxygen atoms in total. The number of benzene rings is 2. The van der Waals surface area contributed by atoms with Crippen LogP contribution in [0.4, 0.5) is 5.69 Å². The summed E-state index contributed by atoms with van der Waals surface area (Å²) in [7, 11) is 0. The van der Waals surface area contributed by atoms with E-state index in [0.29, 0.717) is 23.6 Å². The third-order valence-electron chi connectivity index (χ3n) is 3.97. The SMILES string of the molecule is Cc1nccc(C(=O)Nc2ccccc2C(=O)NCCc2ccccc2)n1. The average Bonchev–Trinajstić information content (AvgIpc) is 2.69. The molecule has 0 aliphatic carbocycles. The van der Waals surface area contributed by atoms with Crippen LogP contribution < -0.4 is 10.6 Å². The van der Waals surface area contributed by atoms with Gasteiger partial charge in [-0.1, -0.05) is 42.5 Å². The van der Waals surface area contributed by atoms with Crippen LogP contribution >= 0.6 is 0 Å². The summed E-state index contributed by atoms with van der Waals surface area (Å²) in [6, 6.07) is 18.4. The van der Waals surface area contributed by atoms with Gasteiger partial charge in [-0.15, -0.1) is 0 Å². The predicted molar refractivity (Wildman–Crippen MR) is 104 cm³/mol. The maximum absolute atomic E-state index is 12.5. The van der Waals surface area contributed by atoms with E-state index in [0.717, 1.165) is 12.0 Å². The molecule has 3 rings (SSSR count). The molecule has 2 amide bonds. The number of carbonyl (C=O) groups excluding carboxylic acids is 2. The van der Waals surface area contributed by atoms with Gasteiger partial charge in [0.2, 0.25) is 0 Å². The minimum Gasteiger partial charge on any atom is -0.352 e. The van der Waals surface area contributed by atoms with Gasteiger partial charge in [-0.25, -0.2) is 9.97 Å². The lowest BCUT2D eigenvalue weighted by molar-refractivity contribution is 0.0955. The van der Waals surface area contributed by atoms with E-state index in [9.17, 15) is 9.59 Å². The van der Waals surface area contributed by atoms with Gasteiger partial charge < -0.3 is 10.6 Å². The normalized spacial score (nSPS) is 10.3. The van der Waals surface area contributed by atoms with Gasteiger partial charge in [0.15, 0.2) is 0 Å². The standard InChI is InChI=1S/C21H20N4O2/c1-15-22-14-12-19(24-15)21(27)25-18-10-6-5-9-17(18)20(26)23-13-11-16-7-3-2-4-8-16/h2-10,12,14H,11,13H2,1H3,(H,23,26)(H,25,27). The number of nitrogens with one attached hydrogen (secondary N) is 2. The molecule has 3 aromatic rings. The maximum atomic E-state index is 12.5. The topological polar surface area (TPSA) is 84.0 Å². The lowest BCUT2D eigenvalue weighted by atomic mass is 10.1. The van der Waals surface area contributed by atoms with Crippen LogP contribution in [0.5, 0.6) is 0 Å². The Hall–Kier alpha value is -3.54. The molecule has 0 fully saturated rings. The molecule has 0 bridgehead atoms. The third kappa shape index (κ3) is 4.98. The fourth-order valence-corrected chi connectivity index (χ4v) is 2.62. The predicted octanol–water partition coefficient (Wildman–Crippen LogP) is 3.01. The Morgan fingerprint density at radius 1 is 0.926 bits per heavy atom. The van der Waals surface area contributed by atoms with E-state index in [1.165, 1.54) is 12.3 Å². The number of aryl methyl sites for hydroxylation is 1. The van der Waals surface area contributed by atoms with Crippen LogP contribution in [-0.4, -0.2) is 28.3 Å². The molecule has 0 saturated heterocycles. The van der Waals surface area contributed by atoms with Crippen molar-refractivity contribution in [2.45, 2.75) is 13.3 Å². The number of nitrogens with zero attached hydrogens (tertiary/aromatic N) is 2. The van der Waals surface area contributed by atoms with Gasteiger partial charge in [-0.2, -0.15) is 0 Å². The molecule has 2 N–H and O–H groups in total. The number of amides is 2. The van der Waals surface area contributed by atoms with Gasteiger partial charge in [-0.3, -0.25) is 9.59 Å². The van der Waals surface area contributed by atoms with Gasteiger partial charge in [0.25, 0.3) is 11.8 Å². The minimum atomic E-state index is -0.384. The monoisotopic (exact) mass is 360 g/mol. The maximum Gasteiger partial charge on any atom is 0.274 e. The summed E-state index contributed by atoms with van der Waals surface area (Å²) in [5, 5.41) is 5.65. The fraction of sp³-hybridized carbons (Fsp3) is 0.143. The largest absolute Gasteiger partial charge is 0.352 e. The quantitative estimate of drug-likeness (QED) is 0.708. The van der Waals surface area contributed by atoms with E-state index in [2.05, 4.69) is 20.6 Å². The third-order valence-corrected chi connectivity index (χ3v) is 3.97. The summed E-state index contributed by atoms with van der Waals surface area (Å²) in [5.74, 6) is -0.111. The number of hydrogen-bond donors (Lipinski definition) is 2. The van der Waals surface area contributed by atoms with Crippen LogP contribution in [0.3, 0.4) is 0 Å². The van der Waals surface area contributed by atoms with E-state index in [1.807, 2.05) is 30.3 Å². The van der Waals surface area contributed by atoms with E-state index in [1.54, 1.807) is 31.2 Å². The van der Waals surface area contributed by atoms with E-state index in [4.69, 9.17) is 0 Å². The highest BCUT2D eigenvalue weighted by Gasteiger charge is 2.14. The molecule has 0 aliphatic heterocycles. The minimum absolute atomic E-state index is 0.235. The Balaban J connectivity index is 1.66. The zero-order chi connectivity index (χ0) is 19.1. The summed E-state index contributed by atoms with van der Waals surface area (Å²) in [5.41, 5.74) is 2.25. The number of rotatable bonds is 6. The van der Waals surface area contributed by atoms with Crippen molar-refractivity contribution in [3.63, 3.8) is 0 Å². The molecular formula is C21H20N4O2. The van der Waals surface area contributed by atoms with E-state index >= 15 is 0 Å². The first-order valence-corrected chi connectivity index (χ1v) is 8.65. The van der Waals surface area contributed by atoms with Crippen molar-refractivity contribution >= 4 is 17.5 Å². The van der Waals surface area contributed by atoms with Crippen LogP contribution in [0.15, 0.2) is 66.9 Å². The molecule has 1 aromatic heterocycles. The molecule has 0 aliphatic rings. The molecule has 0 spiro atoms. The van der Waals surface area contributed by atoms with E-state index in [-0.39, 0.29) is 17.5 Å². The molecule has 0 saturated carbocycles. The Kier molecular flexibility index (Phi) is 5.89. The van der Waals surface area contributed by atoms with Crippen LogP contribution in [0.2, 0.25) is 0 Å². The van der Waals surface area contributed by atoms with E-state index < -0.39 is 0 Å². The first-order chi connectivity index (χ1) is 13.1. The van der Waals surface area contributed by atoms with Gasteiger partial charge in [-0.05, 0) is 37.1 Å². The summed E-state index contributed by atoms with van der Waals surface area (Å²) in [6.45, 7) is 2.22. The molecule has 0 radical (unpaired) electrons. The van der Waals surface area contributed by atoms with Crippen LogP contribution in [0, 0.1) is 6.92 Å². The second kappa shape index (κ2) is 8.71. The Morgan fingerprint density at radius 3 is 2.44 bits per heavy atom. The molecular weight excluding hydrogens is 340 g/mol. The number of aromatic nitrogens is 2. The van der Waals surface area contributed by atoms with Crippen LogP contribution in [0.1, 0.15) is 32.2 Å². The molecule has 2 aromatic carbocycles. The Labute approximate surface area is 157 Å². The highest BCUT2D eigenvalue weighted by atomic mass is 16.2. The number of carbonyl (C=O) groups is 2. The highest BCUT2D eigenvalue weighted by Crippen LogP contribution is 2.16. The number of para-hydroxylation sites is 1. The first kappa shape index (κ1) is 18.3. The molecule has 27 heavy (non-hydrogen) atoms. The first-order valence-electron chi connectivity index (χ1n) is 8.65. The summed E-state index contributed by atoms with van der Waals surface area (Å²) in [4.78, 5) is 33.0. The number of hydrogen-bond acceptors (Lipinski definition) is 4. The molecule has 0 unspecified atom stereocenters. The molecule has 136 valence electrons. The van der Waals surface area contributed by atoms with Crippen molar-refractivity contribution in [1.82, 2.24) is 15.3 Å². The van der Waals surface area contributed by atoms with Gasteiger partial charge in [0.05, 0.1) is 11.3 Å². The smallest absolute Gasteiger partial charge is 0.274 e. The van der Waals surface area contributed by atoms with Crippen molar-refractivity contribution in [3.05, 3.63) is 89.5 Å². The van der Waals surface area contributed by atoms with Crippen molar-refractivity contribution < 1.29 is 9.59 Å².